The van der Waals surface area contributed by atoms with Gasteiger partial charge in [-0.1, -0.05) is 47.5 Å². The minimum atomic E-state index is -4.30. The Labute approximate surface area is 235 Å². The summed E-state index contributed by atoms with van der Waals surface area (Å²) in [7, 11) is -4.30. The zero-order valence-corrected chi connectivity index (χ0v) is 22.9. The molecule has 2 atom stereocenters. The molecule has 3 aromatic carbocycles. The smallest absolute Gasteiger partial charge is 0.323 e. The molecule has 0 aromatic heterocycles. The fourth-order valence-electron chi connectivity index (χ4n) is 4.85. The van der Waals surface area contributed by atoms with Crippen molar-refractivity contribution in [2.75, 3.05) is 11.6 Å². The molecule has 0 spiro atoms. The van der Waals surface area contributed by atoms with Crippen molar-refractivity contribution < 1.29 is 27.9 Å². The zero-order valence-electron chi connectivity index (χ0n) is 20.6. The second-order valence-electron chi connectivity index (χ2n) is 9.30. The molecule has 0 unspecified atom stereocenters. The Morgan fingerprint density at radius 1 is 1.10 bits per heavy atom. The Kier molecular flexibility index (Phi) is 7.15. The van der Waals surface area contributed by atoms with Crippen molar-refractivity contribution in [3.63, 3.8) is 0 Å². The third-order valence-corrected chi connectivity index (χ3v) is 9.40. The van der Waals surface area contributed by atoms with Gasteiger partial charge in [0, 0.05) is 28.6 Å². The molecule has 0 bridgehead atoms. The monoisotopic (exact) mass is 587 g/mol. The van der Waals surface area contributed by atoms with Crippen LogP contribution in [-0.2, 0) is 26.2 Å². The summed E-state index contributed by atoms with van der Waals surface area (Å²) in [5.41, 5.74) is -0.167. The number of amides is 1. The number of nitrogens with zero attached hydrogens (tertiary/aromatic N) is 3. The molecule has 0 radical (unpaired) electrons. The van der Waals surface area contributed by atoms with Gasteiger partial charge in [0.25, 0.3) is 5.91 Å². The third-order valence-electron chi connectivity index (χ3n) is 6.94. The maximum absolute atomic E-state index is 13.7. The van der Waals surface area contributed by atoms with E-state index in [1.165, 1.54) is 31.2 Å². The number of carbonyl (C=O) groups excluding carboxylic acids is 1. The molecule has 2 aliphatic heterocycles. The van der Waals surface area contributed by atoms with Gasteiger partial charge in [0.1, 0.15) is 23.8 Å². The van der Waals surface area contributed by atoms with Gasteiger partial charge in [0.05, 0.1) is 16.3 Å². The highest BCUT2D eigenvalue weighted by Crippen LogP contribution is 2.43. The number of hydrogen-bond acceptors (Lipinski definition) is 6. The van der Waals surface area contributed by atoms with Crippen molar-refractivity contribution in [1.29, 1.82) is 0 Å². The molecular weight excluding hydrogens is 565 g/mol. The van der Waals surface area contributed by atoms with Crippen LogP contribution in [0, 0.1) is 5.41 Å². The second kappa shape index (κ2) is 10.3. The summed E-state index contributed by atoms with van der Waals surface area (Å²) in [5.74, 6) is -1.64. The van der Waals surface area contributed by atoms with E-state index in [2.05, 4.69) is 5.10 Å². The lowest BCUT2D eigenvalue weighted by Gasteiger charge is -2.41. The number of carbonyl (C=O) groups is 2. The Morgan fingerprint density at radius 2 is 1.79 bits per heavy atom. The van der Waals surface area contributed by atoms with E-state index in [4.69, 9.17) is 27.9 Å². The highest BCUT2D eigenvalue weighted by atomic mass is 35.5. The fraction of sp³-hybridized carbons (Fsp3) is 0.222. The summed E-state index contributed by atoms with van der Waals surface area (Å²) in [6.07, 6.45) is 0.109. The van der Waals surface area contributed by atoms with E-state index in [1.807, 2.05) is 0 Å². The van der Waals surface area contributed by atoms with E-state index in [-0.39, 0.29) is 24.5 Å². The summed E-state index contributed by atoms with van der Waals surface area (Å²) in [6.45, 7) is 1.43. The Morgan fingerprint density at radius 3 is 2.44 bits per heavy atom. The number of hydrogen-bond donors (Lipinski definition) is 1. The predicted octanol–water partition coefficient (Wildman–Crippen LogP) is 4.83. The molecule has 2 heterocycles. The molecule has 3 aromatic rings. The van der Waals surface area contributed by atoms with E-state index in [9.17, 15) is 23.1 Å². The molecule has 9 nitrogen and oxygen atoms in total. The van der Waals surface area contributed by atoms with Crippen molar-refractivity contribution in [3.05, 3.63) is 88.4 Å². The lowest BCUT2D eigenvalue weighted by atomic mass is 9.74. The molecule has 5 rings (SSSR count). The van der Waals surface area contributed by atoms with Crippen LogP contribution >= 0.6 is 23.2 Å². The molecule has 0 aliphatic carbocycles. The maximum atomic E-state index is 13.7. The van der Waals surface area contributed by atoms with E-state index in [1.54, 1.807) is 48.5 Å². The number of aliphatic carboxylic acids is 1. The Bertz CT molecular complexity index is 1580. The fourth-order valence-corrected chi connectivity index (χ4v) is 6.97. The Hall–Kier alpha value is -3.44. The summed E-state index contributed by atoms with van der Waals surface area (Å²) < 4.78 is 34.0. The summed E-state index contributed by atoms with van der Waals surface area (Å²) in [5, 5.41) is 16.7. The van der Waals surface area contributed by atoms with E-state index in [0.717, 1.165) is 9.31 Å². The van der Waals surface area contributed by atoms with Crippen LogP contribution in [-0.4, -0.2) is 48.0 Å². The summed E-state index contributed by atoms with van der Waals surface area (Å²) in [6, 6.07) is 17.6. The molecule has 1 N–H and O–H groups in total. The van der Waals surface area contributed by atoms with Crippen LogP contribution in [0.15, 0.2) is 82.8 Å². The molecule has 1 saturated heterocycles. The molecule has 202 valence electrons. The summed E-state index contributed by atoms with van der Waals surface area (Å²) in [4.78, 5) is 26.0. The van der Waals surface area contributed by atoms with Crippen LogP contribution in [0.4, 0.5) is 5.69 Å². The average molecular weight is 588 g/mol. The van der Waals surface area contributed by atoms with Gasteiger partial charge in [-0.2, -0.15) is 14.4 Å². The largest absolute Gasteiger partial charge is 0.489 e. The van der Waals surface area contributed by atoms with E-state index >= 15 is 0 Å². The van der Waals surface area contributed by atoms with Crippen molar-refractivity contribution >= 4 is 56.5 Å². The van der Waals surface area contributed by atoms with Crippen LogP contribution in [0.25, 0.3) is 0 Å². The summed E-state index contributed by atoms with van der Waals surface area (Å²) >= 11 is 12.1. The van der Waals surface area contributed by atoms with Crippen molar-refractivity contribution in [2.24, 2.45) is 10.5 Å². The Balaban J connectivity index is 1.39. The van der Waals surface area contributed by atoms with Gasteiger partial charge in [0.15, 0.2) is 0 Å². The van der Waals surface area contributed by atoms with Gasteiger partial charge in [0.2, 0.25) is 10.0 Å². The zero-order chi connectivity index (χ0) is 27.9. The first-order valence-corrected chi connectivity index (χ1v) is 14.1. The maximum Gasteiger partial charge on any atom is 0.323 e. The quantitative estimate of drug-likeness (QED) is 0.423. The first kappa shape index (κ1) is 27.1. The minimum absolute atomic E-state index is 0.109. The van der Waals surface area contributed by atoms with Gasteiger partial charge < -0.3 is 9.84 Å². The lowest BCUT2D eigenvalue weighted by molar-refractivity contribution is -0.148. The van der Waals surface area contributed by atoms with Crippen LogP contribution in [0.5, 0.6) is 5.75 Å². The molecule has 1 amide bonds. The number of carboxylic acids is 1. The number of fused-ring (bicyclic) bond motifs is 1. The molecule has 2 aliphatic rings. The number of hydrazone groups is 1. The highest BCUT2D eigenvalue weighted by Gasteiger charge is 2.62. The third kappa shape index (κ3) is 4.78. The van der Waals surface area contributed by atoms with E-state index in [0.29, 0.717) is 32.8 Å². The standard InChI is InChI=1S/C27H23Cl2N3O6S/c1-27-23(30-32(26(27)35)19-5-3-2-4-6-19)13-14-31(24(27)25(33)34)39(36,37)21-11-9-20(10-12-21)38-16-17-7-8-18(28)15-22(17)29/h2-12,15,24H,13-14,16H2,1H3,(H,33,34)/t24-,27-/m0/s1. The normalized spacial score (nSPS) is 21.4. The van der Waals surface area contributed by atoms with Gasteiger partial charge in [-0.25, -0.2) is 8.42 Å². The van der Waals surface area contributed by atoms with Gasteiger partial charge in [-0.3, -0.25) is 9.59 Å². The van der Waals surface area contributed by atoms with Gasteiger partial charge in [-0.15, -0.1) is 0 Å². The van der Waals surface area contributed by atoms with E-state index < -0.39 is 33.4 Å². The van der Waals surface area contributed by atoms with Crippen LogP contribution in [0.3, 0.4) is 0 Å². The van der Waals surface area contributed by atoms with Gasteiger partial charge in [-0.05, 0) is 55.5 Å². The number of halogens is 2. The lowest BCUT2D eigenvalue weighted by Crippen LogP contribution is -2.63. The SMILES string of the molecule is C[C@]12C(=O)N(c3ccccc3)N=C1CCN(S(=O)(=O)c1ccc(OCc3ccc(Cl)cc3Cl)cc1)[C@H]2C(=O)O. The van der Waals surface area contributed by atoms with Crippen LogP contribution in [0.1, 0.15) is 18.9 Å². The topological polar surface area (TPSA) is 117 Å². The number of para-hydroxylation sites is 1. The first-order valence-electron chi connectivity index (χ1n) is 11.9. The number of benzene rings is 3. The number of rotatable bonds is 7. The van der Waals surface area contributed by atoms with Crippen molar-refractivity contribution in [3.8, 4) is 5.75 Å². The van der Waals surface area contributed by atoms with Gasteiger partial charge >= 0.3 is 5.97 Å². The molecular formula is C27H23Cl2N3O6S. The molecule has 39 heavy (non-hydrogen) atoms. The van der Waals surface area contributed by atoms with Crippen LogP contribution in [0.2, 0.25) is 10.0 Å². The number of carboxylic acid groups (broad SMARTS) is 1. The average Bonchev–Trinajstić information content (AvgIpc) is 3.18. The number of ether oxygens (including phenoxy) is 1. The molecule has 0 saturated carbocycles. The number of piperidine rings is 1. The number of anilines is 1. The van der Waals surface area contributed by atoms with Crippen LogP contribution < -0.4 is 9.75 Å². The first-order chi connectivity index (χ1) is 18.5. The minimum Gasteiger partial charge on any atom is -0.489 e. The molecule has 12 heteroatoms. The number of sulfonamides is 1. The molecule has 1 fully saturated rings. The predicted molar refractivity (Wildman–Crippen MR) is 147 cm³/mol. The van der Waals surface area contributed by atoms with Crippen molar-refractivity contribution in [2.45, 2.75) is 30.9 Å². The second-order valence-corrected chi connectivity index (χ2v) is 12.0. The highest BCUT2D eigenvalue weighted by molar-refractivity contribution is 7.89. The van der Waals surface area contributed by atoms with Crippen molar-refractivity contribution in [1.82, 2.24) is 4.31 Å².